The van der Waals surface area contributed by atoms with Gasteiger partial charge in [-0.05, 0) is 91.0 Å². The Hall–Kier alpha value is -6.17. The van der Waals surface area contributed by atoms with E-state index >= 15 is 0 Å². The summed E-state index contributed by atoms with van der Waals surface area (Å²) >= 11 is 6.25. The average Bonchev–Trinajstić information content (AvgIpc) is 3.77. The number of amides is 2. The predicted octanol–water partition coefficient (Wildman–Crippen LogP) is 8.25. The Bertz CT molecular complexity index is 2830. The normalized spacial score (nSPS) is 19.2. The maximum atomic E-state index is 14.1. The van der Waals surface area contributed by atoms with E-state index in [9.17, 15) is 28.1 Å². The van der Waals surface area contributed by atoms with Gasteiger partial charge in [-0.3, -0.25) is 24.6 Å². The van der Waals surface area contributed by atoms with Crippen LogP contribution in [0.25, 0.3) is 16.6 Å². The fraction of sp³-hybridized carbons (Fsp3) is 0.396. The molecule has 0 saturated carbocycles. The minimum atomic E-state index is -4.68. The Balaban J connectivity index is 0.935. The molecule has 5 heterocycles. The van der Waals surface area contributed by atoms with Gasteiger partial charge in [0.05, 0.1) is 27.6 Å². The van der Waals surface area contributed by atoms with E-state index in [0.29, 0.717) is 50.4 Å². The topological polar surface area (TPSA) is 192 Å². The molecule has 0 unspecified atom stereocenters. The summed E-state index contributed by atoms with van der Waals surface area (Å²) in [6.45, 7) is 11.4. The van der Waals surface area contributed by atoms with Gasteiger partial charge in [-0.15, -0.1) is 0 Å². The smallest absolute Gasteiger partial charge is 0.297 e. The van der Waals surface area contributed by atoms with Crippen LogP contribution in [0.5, 0.6) is 17.2 Å². The lowest BCUT2D eigenvalue weighted by atomic mass is 9.72. The molecular weight excluding hydrogens is 884 g/mol. The number of nitro groups is 1. The van der Waals surface area contributed by atoms with E-state index in [1.807, 2.05) is 18.2 Å². The van der Waals surface area contributed by atoms with Gasteiger partial charge < -0.3 is 29.6 Å². The lowest BCUT2D eigenvalue weighted by molar-refractivity contribution is -0.384. The number of fused-ring (bicyclic) bond motifs is 2. The predicted molar refractivity (Wildman–Crippen MR) is 253 cm³/mol. The number of piperazine rings is 1. The van der Waals surface area contributed by atoms with Gasteiger partial charge in [0.15, 0.2) is 11.4 Å². The first-order valence-electron chi connectivity index (χ1n) is 22.3. The van der Waals surface area contributed by atoms with Gasteiger partial charge in [0.25, 0.3) is 21.6 Å². The molecule has 3 N–H and O–H groups in total. The van der Waals surface area contributed by atoms with E-state index in [1.54, 1.807) is 29.3 Å². The fourth-order valence-corrected chi connectivity index (χ4v) is 10.8. The molecule has 3 aliphatic heterocycles. The Morgan fingerprint density at radius 2 is 1.77 bits per heavy atom. The molecule has 346 valence electrons. The van der Waals surface area contributed by atoms with Crippen molar-refractivity contribution >= 4 is 67.1 Å². The molecule has 1 aliphatic carbocycles. The third-order valence-corrected chi connectivity index (χ3v) is 15.0. The number of benzene rings is 3. The van der Waals surface area contributed by atoms with Crippen molar-refractivity contribution in [3.05, 3.63) is 111 Å². The Morgan fingerprint density at radius 1 is 1.02 bits per heavy atom. The van der Waals surface area contributed by atoms with Crippen LogP contribution >= 0.6 is 11.6 Å². The summed E-state index contributed by atoms with van der Waals surface area (Å²) in [6, 6.07) is 18.6. The minimum Gasteiger partial charge on any atom is -0.489 e. The van der Waals surface area contributed by atoms with Gasteiger partial charge >= 0.3 is 0 Å². The third-order valence-electron chi connectivity index (χ3n) is 13.4. The highest BCUT2D eigenvalue weighted by atomic mass is 35.5. The number of hydrogen-bond donors (Lipinski definition) is 3. The van der Waals surface area contributed by atoms with Crippen LogP contribution in [0.4, 0.5) is 17.1 Å². The van der Waals surface area contributed by atoms with Gasteiger partial charge in [0, 0.05) is 93.2 Å². The molecule has 0 radical (unpaired) electrons. The van der Waals surface area contributed by atoms with Crippen LogP contribution < -0.4 is 24.4 Å². The van der Waals surface area contributed by atoms with Crippen LogP contribution in [0.15, 0.2) is 89.6 Å². The zero-order valence-corrected chi connectivity index (χ0v) is 38.7. The molecule has 66 heavy (non-hydrogen) atoms. The highest BCUT2D eigenvalue weighted by Crippen LogP contribution is 2.44. The lowest BCUT2D eigenvalue weighted by Gasteiger charge is -2.39. The summed E-state index contributed by atoms with van der Waals surface area (Å²) in [7, 11) is -4.68. The molecule has 18 heteroatoms. The van der Waals surface area contributed by atoms with Crippen LogP contribution in [-0.2, 0) is 14.8 Å². The van der Waals surface area contributed by atoms with Crippen molar-refractivity contribution in [1.82, 2.24) is 24.5 Å². The second-order valence-corrected chi connectivity index (χ2v) is 20.6. The van der Waals surface area contributed by atoms with Gasteiger partial charge in [-0.1, -0.05) is 43.2 Å². The number of carbonyl (C=O) groups excluding carboxylic acids is 2. The van der Waals surface area contributed by atoms with Crippen molar-refractivity contribution in [1.29, 1.82) is 0 Å². The Kier molecular flexibility index (Phi) is 12.4. The number of piperidine rings is 1. The molecule has 16 nitrogen and oxygen atoms in total. The molecule has 2 fully saturated rings. The molecule has 9 rings (SSSR count). The number of anilines is 2. The molecule has 2 aromatic heterocycles. The number of sulfonamides is 1. The first kappa shape index (κ1) is 45.0. The number of aromatic nitrogens is 2. The van der Waals surface area contributed by atoms with Crippen molar-refractivity contribution in [2.24, 2.45) is 11.3 Å². The first-order chi connectivity index (χ1) is 31.6. The summed E-state index contributed by atoms with van der Waals surface area (Å²) in [5.41, 5.74) is 5.22. The van der Waals surface area contributed by atoms with E-state index in [1.165, 1.54) is 42.0 Å². The number of pyridine rings is 1. The number of nitro benzene ring substituents is 1. The van der Waals surface area contributed by atoms with Crippen LogP contribution in [0.1, 0.15) is 68.8 Å². The van der Waals surface area contributed by atoms with Crippen molar-refractivity contribution in [2.45, 2.75) is 63.8 Å². The second-order valence-electron chi connectivity index (χ2n) is 18.5. The maximum Gasteiger partial charge on any atom is 0.297 e. The second kappa shape index (κ2) is 18.2. The zero-order chi connectivity index (χ0) is 46.3. The molecule has 0 bridgehead atoms. The van der Waals surface area contributed by atoms with Gasteiger partial charge in [0.1, 0.15) is 23.8 Å². The standard InChI is InChI=1S/C48H53ClN8O8S/c1-30(58)55-16-12-32(13-17-55)41-29-64-44-25-38(24-42(57(60)61)45(44)52-41)66(62,63)53-47(59)39-9-8-36(23-43(39)65-37-22-33-11-15-50-46(33)51-27-37)56-20-18-54(19-21-56)28-34-10-14-48(2,3)26-40(34)31-4-6-35(49)7-5-31/h4-9,11,15,22-25,27,32,41,52H,10,12-14,16-21,26,28-29H2,1-3H3,(H,50,51)(H,53,59)/t41-/m1/s1. The van der Waals surface area contributed by atoms with E-state index in [4.69, 9.17) is 21.1 Å². The SMILES string of the molecule is CC(=O)N1CCC([C@H]2COc3cc(S(=O)(=O)NC(=O)c4ccc(N5CCN(CC6=C(c7ccc(Cl)cc7)CC(C)(C)CC6)CC5)cc4Oc4cnc5[nH]ccc5c4)cc([N+](=O)[O-])c3N2)CC1. The number of likely N-dealkylation sites (tertiary alicyclic amines) is 1. The number of hydrogen-bond acceptors (Lipinski definition) is 12. The Morgan fingerprint density at radius 3 is 2.50 bits per heavy atom. The molecule has 4 aliphatic rings. The van der Waals surface area contributed by atoms with Gasteiger partial charge in [0.2, 0.25) is 5.91 Å². The number of H-pyrrole nitrogens is 1. The first-order valence-corrected chi connectivity index (χ1v) is 24.2. The summed E-state index contributed by atoms with van der Waals surface area (Å²) in [5.74, 6) is -0.495. The number of nitrogens with one attached hydrogen (secondary N) is 3. The number of halogens is 1. The molecule has 2 amide bonds. The van der Waals surface area contributed by atoms with Crippen LogP contribution in [0.3, 0.4) is 0 Å². The number of rotatable bonds is 11. The van der Waals surface area contributed by atoms with E-state index in [2.05, 4.69) is 55.8 Å². The molecule has 0 spiro atoms. The van der Waals surface area contributed by atoms with Crippen molar-refractivity contribution in [3.8, 4) is 17.2 Å². The number of allylic oxidation sites excluding steroid dienone is 1. The lowest BCUT2D eigenvalue weighted by Crippen LogP contribution is -2.47. The number of carbonyl (C=O) groups is 2. The van der Waals surface area contributed by atoms with Crippen LogP contribution in [0.2, 0.25) is 5.02 Å². The van der Waals surface area contributed by atoms with E-state index < -0.39 is 31.4 Å². The van der Waals surface area contributed by atoms with Crippen molar-refractivity contribution in [3.63, 3.8) is 0 Å². The monoisotopic (exact) mass is 936 g/mol. The summed E-state index contributed by atoms with van der Waals surface area (Å²) in [4.78, 5) is 51.1. The fourth-order valence-electron chi connectivity index (χ4n) is 9.63. The van der Waals surface area contributed by atoms with Crippen molar-refractivity contribution < 1.29 is 32.4 Å². The number of nitrogens with zero attached hydrogens (tertiary/aromatic N) is 5. The minimum absolute atomic E-state index is 0.00183. The molecule has 1 atom stereocenters. The summed E-state index contributed by atoms with van der Waals surface area (Å²) in [6.07, 6.45) is 7.81. The zero-order valence-electron chi connectivity index (χ0n) is 37.1. The quantitative estimate of drug-likeness (QED) is 0.0850. The van der Waals surface area contributed by atoms with E-state index in [0.717, 1.165) is 61.1 Å². The van der Waals surface area contributed by atoms with Crippen LogP contribution in [0, 0.1) is 21.4 Å². The van der Waals surface area contributed by atoms with Crippen molar-refractivity contribution in [2.75, 3.05) is 62.6 Å². The summed E-state index contributed by atoms with van der Waals surface area (Å²) < 4.78 is 42.4. The highest BCUT2D eigenvalue weighted by molar-refractivity contribution is 7.90. The third kappa shape index (κ3) is 9.69. The number of ether oxygens (including phenoxy) is 2. The average molecular weight is 938 g/mol. The highest BCUT2D eigenvalue weighted by Gasteiger charge is 2.36. The molecule has 3 aromatic carbocycles. The molecule has 2 saturated heterocycles. The molecular formula is C48H53ClN8O8S. The van der Waals surface area contributed by atoms with E-state index in [-0.39, 0.29) is 52.6 Å². The molecule has 5 aromatic rings. The van der Waals surface area contributed by atoms with Crippen LogP contribution in [-0.4, -0.2) is 103 Å². The Labute approximate surface area is 388 Å². The summed E-state index contributed by atoms with van der Waals surface area (Å²) in [5, 5.41) is 17.1. The van der Waals surface area contributed by atoms with Gasteiger partial charge in [-0.2, -0.15) is 0 Å². The maximum absolute atomic E-state index is 14.1. The largest absolute Gasteiger partial charge is 0.489 e. The van der Waals surface area contributed by atoms with Gasteiger partial charge in [-0.25, -0.2) is 18.1 Å². The number of aromatic amines is 1.